The molecule has 0 saturated carbocycles. The molecule has 0 fully saturated rings. The van der Waals surface area contributed by atoms with Crippen LogP contribution in [0.5, 0.6) is 0 Å². The van der Waals surface area contributed by atoms with Crippen LogP contribution in [-0.2, 0) is 6.54 Å². The first kappa shape index (κ1) is 10.1. The summed E-state index contributed by atoms with van der Waals surface area (Å²) in [6.07, 6.45) is 3.67. The van der Waals surface area contributed by atoms with Gasteiger partial charge in [-0.3, -0.25) is 0 Å². The summed E-state index contributed by atoms with van der Waals surface area (Å²) in [7, 11) is 0. The molecule has 0 N–H and O–H groups in total. The Morgan fingerprint density at radius 1 is 1.40 bits per heavy atom. The smallest absolute Gasteiger partial charge is 0.162 e. The van der Waals surface area contributed by atoms with Crippen LogP contribution in [0.15, 0.2) is 18.5 Å². The second-order valence-corrected chi connectivity index (χ2v) is 3.59. The highest BCUT2D eigenvalue weighted by Gasteiger charge is 2.10. The van der Waals surface area contributed by atoms with Gasteiger partial charge >= 0.3 is 0 Å². The molecule has 0 aliphatic rings. The number of aromatic nitrogens is 4. The van der Waals surface area contributed by atoms with Crippen LogP contribution in [0.2, 0.25) is 5.15 Å². The van der Waals surface area contributed by atoms with Crippen molar-refractivity contribution in [2.24, 2.45) is 0 Å². The fourth-order valence-electron chi connectivity index (χ4n) is 1.44. The van der Waals surface area contributed by atoms with Crippen molar-refractivity contribution in [3.8, 4) is 11.4 Å². The molecular formula is C10H11ClN4. The van der Waals surface area contributed by atoms with Gasteiger partial charge < -0.3 is 4.57 Å². The minimum atomic E-state index is 0.390. The van der Waals surface area contributed by atoms with Crippen LogP contribution in [0.1, 0.15) is 12.6 Å². The molecule has 0 bridgehead atoms. The summed E-state index contributed by atoms with van der Waals surface area (Å²) in [6.45, 7) is 4.79. The third-order valence-electron chi connectivity index (χ3n) is 2.17. The van der Waals surface area contributed by atoms with E-state index in [1.807, 2.05) is 23.8 Å². The Hall–Kier alpha value is -1.42. The minimum absolute atomic E-state index is 0.390. The van der Waals surface area contributed by atoms with E-state index >= 15 is 0 Å². The Kier molecular flexibility index (Phi) is 2.68. The van der Waals surface area contributed by atoms with Gasteiger partial charge in [-0.25, -0.2) is 4.98 Å². The number of nitrogens with zero attached hydrogens (tertiary/aromatic N) is 4. The van der Waals surface area contributed by atoms with Crippen molar-refractivity contribution in [3.05, 3.63) is 29.3 Å². The maximum atomic E-state index is 5.99. The molecule has 0 radical (unpaired) electrons. The van der Waals surface area contributed by atoms with E-state index in [4.69, 9.17) is 11.6 Å². The van der Waals surface area contributed by atoms with Gasteiger partial charge in [0.15, 0.2) is 5.15 Å². The highest BCUT2D eigenvalue weighted by molar-refractivity contribution is 6.31. The van der Waals surface area contributed by atoms with Crippen LogP contribution < -0.4 is 0 Å². The van der Waals surface area contributed by atoms with E-state index in [1.54, 1.807) is 6.20 Å². The van der Waals surface area contributed by atoms with Crippen molar-refractivity contribution >= 4 is 11.6 Å². The van der Waals surface area contributed by atoms with Crippen molar-refractivity contribution in [1.82, 2.24) is 19.7 Å². The first-order valence-corrected chi connectivity index (χ1v) is 5.11. The highest BCUT2D eigenvalue weighted by atomic mass is 35.5. The van der Waals surface area contributed by atoms with Gasteiger partial charge in [-0.2, -0.15) is 5.10 Å². The maximum Gasteiger partial charge on any atom is 0.162 e. The first-order valence-electron chi connectivity index (χ1n) is 4.73. The fraction of sp³-hybridized carbons (Fsp3) is 0.300. The number of aryl methyl sites for hydroxylation is 2. The molecule has 0 aromatic carbocycles. The molecule has 2 heterocycles. The van der Waals surface area contributed by atoms with Crippen molar-refractivity contribution < 1.29 is 0 Å². The number of rotatable bonds is 2. The lowest BCUT2D eigenvalue weighted by Crippen LogP contribution is -1.99. The molecule has 5 heteroatoms. The molecule has 0 aliphatic heterocycles. The lowest BCUT2D eigenvalue weighted by molar-refractivity contribution is 0.769. The van der Waals surface area contributed by atoms with Crippen molar-refractivity contribution in [2.45, 2.75) is 20.4 Å². The van der Waals surface area contributed by atoms with E-state index < -0.39 is 0 Å². The number of hydrogen-bond acceptors (Lipinski definition) is 3. The monoisotopic (exact) mass is 222 g/mol. The molecule has 4 nitrogen and oxygen atoms in total. The molecular weight excluding hydrogens is 212 g/mol. The molecule has 78 valence electrons. The van der Waals surface area contributed by atoms with Gasteiger partial charge in [0.2, 0.25) is 0 Å². The van der Waals surface area contributed by atoms with Crippen molar-refractivity contribution in [3.63, 3.8) is 0 Å². The zero-order chi connectivity index (χ0) is 10.8. The van der Waals surface area contributed by atoms with Gasteiger partial charge in [0.05, 0.1) is 11.3 Å². The summed E-state index contributed by atoms with van der Waals surface area (Å²) < 4.78 is 2.02. The molecule has 0 amide bonds. The Morgan fingerprint density at radius 3 is 2.93 bits per heavy atom. The molecule has 15 heavy (non-hydrogen) atoms. The molecule has 2 rings (SSSR count). The van der Waals surface area contributed by atoms with Crippen molar-refractivity contribution in [2.75, 3.05) is 0 Å². The van der Waals surface area contributed by atoms with Crippen LogP contribution in [-0.4, -0.2) is 19.7 Å². The third kappa shape index (κ3) is 1.85. The van der Waals surface area contributed by atoms with Gasteiger partial charge in [-0.05, 0) is 19.9 Å². The first-order chi connectivity index (χ1) is 7.22. The van der Waals surface area contributed by atoms with E-state index in [0.717, 1.165) is 23.6 Å². The molecule has 2 aromatic rings. The van der Waals surface area contributed by atoms with Crippen LogP contribution >= 0.6 is 11.6 Å². The Bertz CT molecular complexity index is 478. The van der Waals surface area contributed by atoms with E-state index in [1.165, 1.54) is 0 Å². The second kappa shape index (κ2) is 3.98. The molecule has 0 unspecified atom stereocenters. The van der Waals surface area contributed by atoms with Crippen LogP contribution in [0.4, 0.5) is 0 Å². The van der Waals surface area contributed by atoms with E-state index in [0.29, 0.717) is 5.15 Å². The summed E-state index contributed by atoms with van der Waals surface area (Å²) in [5.74, 6) is 0.834. The Balaban J connectivity index is 2.58. The summed E-state index contributed by atoms with van der Waals surface area (Å²) in [5.41, 5.74) is 1.66. The van der Waals surface area contributed by atoms with E-state index in [9.17, 15) is 0 Å². The van der Waals surface area contributed by atoms with Gasteiger partial charge in [-0.1, -0.05) is 11.6 Å². The molecule has 0 aliphatic carbocycles. The van der Waals surface area contributed by atoms with Crippen molar-refractivity contribution in [1.29, 1.82) is 0 Å². The average molecular weight is 223 g/mol. The summed E-state index contributed by atoms with van der Waals surface area (Å²) in [4.78, 5) is 4.27. The quantitative estimate of drug-likeness (QED) is 0.783. The molecule has 2 aromatic heterocycles. The predicted octanol–water partition coefficient (Wildman–Crippen LogP) is 2.32. The van der Waals surface area contributed by atoms with Gasteiger partial charge in [0.25, 0.3) is 0 Å². The third-order valence-corrected chi connectivity index (χ3v) is 2.45. The maximum absolute atomic E-state index is 5.99. The topological polar surface area (TPSA) is 43.6 Å². The molecule has 0 saturated heterocycles. The Labute approximate surface area is 92.9 Å². The van der Waals surface area contributed by atoms with Gasteiger partial charge in [0, 0.05) is 18.9 Å². The number of imidazole rings is 1. The summed E-state index contributed by atoms with van der Waals surface area (Å²) >= 11 is 5.99. The normalized spacial score (nSPS) is 10.6. The minimum Gasteiger partial charge on any atom is -0.331 e. The highest BCUT2D eigenvalue weighted by Crippen LogP contribution is 2.24. The van der Waals surface area contributed by atoms with Gasteiger partial charge in [0.1, 0.15) is 5.82 Å². The second-order valence-electron chi connectivity index (χ2n) is 3.23. The zero-order valence-corrected chi connectivity index (χ0v) is 9.36. The summed E-state index contributed by atoms with van der Waals surface area (Å²) in [5, 5.41) is 8.15. The van der Waals surface area contributed by atoms with Crippen LogP contribution in [0.3, 0.4) is 0 Å². The fourth-order valence-corrected chi connectivity index (χ4v) is 1.62. The van der Waals surface area contributed by atoms with E-state index in [-0.39, 0.29) is 0 Å². The van der Waals surface area contributed by atoms with E-state index in [2.05, 4.69) is 22.1 Å². The summed E-state index contributed by atoms with van der Waals surface area (Å²) in [6, 6.07) is 1.89. The van der Waals surface area contributed by atoms with Crippen LogP contribution in [0, 0.1) is 6.92 Å². The molecule has 0 atom stereocenters. The average Bonchev–Trinajstić information content (AvgIpc) is 2.69. The van der Waals surface area contributed by atoms with Gasteiger partial charge in [-0.15, -0.1) is 5.10 Å². The zero-order valence-electron chi connectivity index (χ0n) is 8.61. The Morgan fingerprint density at radius 2 is 2.20 bits per heavy atom. The SMILES string of the molecule is CCn1ccnc1-c1cc(C)nnc1Cl. The lowest BCUT2D eigenvalue weighted by Gasteiger charge is -2.05. The number of halogens is 1. The standard InChI is InChI=1S/C10H11ClN4/c1-3-15-5-4-12-10(15)8-6-7(2)13-14-9(8)11/h4-6H,3H2,1-2H3. The lowest BCUT2D eigenvalue weighted by atomic mass is 10.2. The number of hydrogen-bond donors (Lipinski definition) is 0. The predicted molar refractivity (Wildman–Crippen MR) is 58.7 cm³/mol. The largest absolute Gasteiger partial charge is 0.331 e. The van der Waals surface area contributed by atoms with Crippen LogP contribution in [0.25, 0.3) is 11.4 Å². The molecule has 0 spiro atoms.